The monoisotopic (exact) mass is 344 g/mol. The molecule has 0 radical (unpaired) electrons. The summed E-state index contributed by atoms with van der Waals surface area (Å²) in [6, 6.07) is 9.98. The minimum absolute atomic E-state index is 0.462. The lowest BCUT2D eigenvalue weighted by Crippen LogP contribution is -1.88. The van der Waals surface area contributed by atoms with Gasteiger partial charge >= 0.3 is 0 Å². The van der Waals surface area contributed by atoms with Gasteiger partial charge in [0.05, 0.1) is 9.50 Å². The van der Waals surface area contributed by atoms with Gasteiger partial charge in [-0.25, -0.2) is 0 Å². The van der Waals surface area contributed by atoms with Gasteiger partial charge in [-0.15, -0.1) is 0 Å². The molecule has 18 heavy (non-hydrogen) atoms. The zero-order valence-electron chi connectivity index (χ0n) is 8.99. The molecule has 0 saturated carbocycles. The molecule has 2 rings (SSSR count). The molecule has 0 aromatic heterocycles. The summed E-state index contributed by atoms with van der Waals surface area (Å²) in [4.78, 5) is 10.6. The third kappa shape index (κ3) is 3.05. The molecule has 0 atom stereocenters. The first kappa shape index (κ1) is 13.4. The molecule has 2 aromatic carbocycles. The minimum Gasteiger partial charge on any atom is -0.455 e. The Morgan fingerprint density at radius 2 is 1.83 bits per heavy atom. The molecule has 0 aliphatic rings. The third-order valence-electron chi connectivity index (χ3n) is 2.21. The maximum absolute atomic E-state index is 10.6. The average Bonchev–Trinajstić information content (AvgIpc) is 2.36. The van der Waals surface area contributed by atoms with E-state index in [1.165, 1.54) is 0 Å². The molecule has 0 bridgehead atoms. The van der Waals surface area contributed by atoms with Gasteiger partial charge in [-0.05, 0) is 46.3 Å². The Morgan fingerprint density at radius 3 is 2.50 bits per heavy atom. The van der Waals surface area contributed by atoms with Gasteiger partial charge in [0.1, 0.15) is 17.8 Å². The zero-order chi connectivity index (χ0) is 13.1. The largest absolute Gasteiger partial charge is 0.455 e. The van der Waals surface area contributed by atoms with Crippen LogP contribution in [0.1, 0.15) is 10.4 Å². The topological polar surface area (TPSA) is 26.3 Å². The van der Waals surface area contributed by atoms with Crippen molar-refractivity contribution in [2.45, 2.75) is 0 Å². The SMILES string of the molecule is O=Cc1ccc(Oc2cc(Cl)ccc2Cl)c(Br)c1. The summed E-state index contributed by atoms with van der Waals surface area (Å²) in [7, 11) is 0. The molecule has 0 aliphatic carbocycles. The van der Waals surface area contributed by atoms with Gasteiger partial charge in [-0.2, -0.15) is 0 Å². The van der Waals surface area contributed by atoms with Crippen LogP contribution >= 0.6 is 39.1 Å². The van der Waals surface area contributed by atoms with Crippen molar-refractivity contribution in [2.75, 3.05) is 0 Å². The van der Waals surface area contributed by atoms with E-state index in [9.17, 15) is 4.79 Å². The first-order valence-electron chi connectivity index (χ1n) is 4.98. The van der Waals surface area contributed by atoms with E-state index in [4.69, 9.17) is 27.9 Å². The molecule has 0 fully saturated rings. The molecule has 5 heteroatoms. The van der Waals surface area contributed by atoms with Gasteiger partial charge in [0.2, 0.25) is 0 Å². The van der Waals surface area contributed by atoms with Crippen molar-refractivity contribution in [3.63, 3.8) is 0 Å². The second-order valence-corrected chi connectivity index (χ2v) is 5.18. The van der Waals surface area contributed by atoms with Crippen LogP contribution in [0.2, 0.25) is 10.0 Å². The molecule has 0 heterocycles. The van der Waals surface area contributed by atoms with Crippen molar-refractivity contribution in [2.24, 2.45) is 0 Å². The lowest BCUT2D eigenvalue weighted by molar-refractivity contribution is 0.112. The highest BCUT2D eigenvalue weighted by molar-refractivity contribution is 9.10. The van der Waals surface area contributed by atoms with E-state index < -0.39 is 0 Å². The summed E-state index contributed by atoms with van der Waals surface area (Å²) in [5, 5.41) is 1.00. The van der Waals surface area contributed by atoms with Crippen LogP contribution in [0.5, 0.6) is 11.5 Å². The molecule has 0 N–H and O–H groups in total. The molecule has 2 nitrogen and oxygen atoms in total. The second-order valence-electron chi connectivity index (χ2n) is 3.48. The molecule has 92 valence electrons. The summed E-state index contributed by atoms with van der Waals surface area (Å²) >= 11 is 15.2. The fourth-order valence-corrected chi connectivity index (χ4v) is 2.14. The highest BCUT2D eigenvalue weighted by Crippen LogP contribution is 2.35. The molecule has 2 aromatic rings. The van der Waals surface area contributed by atoms with Crippen molar-refractivity contribution in [3.05, 3.63) is 56.5 Å². The smallest absolute Gasteiger partial charge is 0.150 e. The van der Waals surface area contributed by atoms with Gasteiger partial charge in [0.15, 0.2) is 0 Å². The predicted molar refractivity (Wildman–Crippen MR) is 76.1 cm³/mol. The van der Waals surface area contributed by atoms with Crippen LogP contribution in [0.3, 0.4) is 0 Å². The first-order chi connectivity index (χ1) is 8.60. The van der Waals surface area contributed by atoms with Crippen LogP contribution in [0, 0.1) is 0 Å². The van der Waals surface area contributed by atoms with E-state index in [-0.39, 0.29) is 0 Å². The molecule has 0 saturated heterocycles. The lowest BCUT2D eigenvalue weighted by Gasteiger charge is -2.09. The van der Waals surface area contributed by atoms with E-state index >= 15 is 0 Å². The number of rotatable bonds is 3. The van der Waals surface area contributed by atoms with Gasteiger partial charge < -0.3 is 4.74 Å². The number of hydrogen-bond acceptors (Lipinski definition) is 2. The maximum atomic E-state index is 10.6. The Labute approximate surface area is 123 Å². The van der Waals surface area contributed by atoms with E-state index in [2.05, 4.69) is 15.9 Å². The Hall–Kier alpha value is -1.03. The molecule has 0 aliphatic heterocycles. The normalized spacial score (nSPS) is 10.2. The van der Waals surface area contributed by atoms with Crippen molar-refractivity contribution in [1.82, 2.24) is 0 Å². The number of ether oxygens (including phenoxy) is 1. The van der Waals surface area contributed by atoms with Crippen molar-refractivity contribution < 1.29 is 9.53 Å². The average molecular weight is 346 g/mol. The van der Waals surface area contributed by atoms with E-state index in [0.29, 0.717) is 31.6 Å². The van der Waals surface area contributed by atoms with Crippen LogP contribution in [0.15, 0.2) is 40.9 Å². The highest BCUT2D eigenvalue weighted by Gasteiger charge is 2.07. The van der Waals surface area contributed by atoms with Crippen LogP contribution < -0.4 is 4.74 Å². The van der Waals surface area contributed by atoms with Crippen LogP contribution in [-0.4, -0.2) is 6.29 Å². The molecule has 0 spiro atoms. The van der Waals surface area contributed by atoms with Gasteiger partial charge in [0, 0.05) is 16.7 Å². The van der Waals surface area contributed by atoms with Crippen LogP contribution in [0.4, 0.5) is 0 Å². The van der Waals surface area contributed by atoms with Gasteiger partial charge in [-0.1, -0.05) is 23.2 Å². The Morgan fingerprint density at radius 1 is 1.06 bits per heavy atom. The number of halogens is 3. The van der Waals surface area contributed by atoms with Gasteiger partial charge in [-0.3, -0.25) is 4.79 Å². The summed E-state index contributed by atoms with van der Waals surface area (Å²) < 4.78 is 6.31. The second kappa shape index (κ2) is 5.74. The van der Waals surface area contributed by atoms with Crippen LogP contribution in [-0.2, 0) is 0 Å². The predicted octanol–water partition coefficient (Wildman–Crippen LogP) is 5.36. The Kier molecular flexibility index (Phi) is 4.27. The fourth-order valence-electron chi connectivity index (χ4n) is 1.35. The number of carbonyl (C=O) groups is 1. The summed E-state index contributed by atoms with van der Waals surface area (Å²) in [5.74, 6) is 1.02. The summed E-state index contributed by atoms with van der Waals surface area (Å²) in [5.41, 5.74) is 0.561. The highest BCUT2D eigenvalue weighted by atomic mass is 79.9. The quantitative estimate of drug-likeness (QED) is 0.700. The molecule has 0 unspecified atom stereocenters. The number of benzene rings is 2. The van der Waals surface area contributed by atoms with Crippen molar-refractivity contribution >= 4 is 45.4 Å². The van der Waals surface area contributed by atoms with E-state index in [1.54, 1.807) is 36.4 Å². The Balaban J connectivity index is 2.34. The number of carbonyl (C=O) groups excluding carboxylic acids is 1. The van der Waals surface area contributed by atoms with E-state index in [0.717, 1.165) is 6.29 Å². The Bertz CT molecular complexity index is 600. The fraction of sp³-hybridized carbons (Fsp3) is 0. The van der Waals surface area contributed by atoms with Crippen LogP contribution in [0.25, 0.3) is 0 Å². The molecular weight excluding hydrogens is 339 g/mol. The van der Waals surface area contributed by atoms with Crippen molar-refractivity contribution in [1.29, 1.82) is 0 Å². The summed E-state index contributed by atoms with van der Waals surface area (Å²) in [6.45, 7) is 0. The minimum atomic E-state index is 0.462. The van der Waals surface area contributed by atoms with Crippen molar-refractivity contribution in [3.8, 4) is 11.5 Å². The zero-order valence-corrected chi connectivity index (χ0v) is 12.1. The summed E-state index contributed by atoms with van der Waals surface area (Å²) in [6.07, 6.45) is 0.765. The van der Waals surface area contributed by atoms with E-state index in [1.807, 2.05) is 0 Å². The molecule has 0 amide bonds. The van der Waals surface area contributed by atoms with Gasteiger partial charge in [0.25, 0.3) is 0 Å². The third-order valence-corrected chi connectivity index (χ3v) is 3.37. The first-order valence-corrected chi connectivity index (χ1v) is 6.52. The molecular formula is C13H7BrCl2O2. The number of aldehydes is 1. The standard InChI is InChI=1S/C13H7BrCl2O2/c14-10-5-8(7-17)1-4-12(10)18-13-6-9(15)2-3-11(13)16/h1-7H. The maximum Gasteiger partial charge on any atom is 0.150 e. The lowest BCUT2D eigenvalue weighted by atomic mass is 10.2. The number of hydrogen-bond donors (Lipinski definition) is 0.